The minimum Gasteiger partial charge on any atom is -0.403 e. The number of aromatic nitrogens is 2. The molecule has 0 saturated carbocycles. The van der Waals surface area contributed by atoms with Gasteiger partial charge in [0.15, 0.2) is 0 Å². The zero-order chi connectivity index (χ0) is 43.9. The zero-order valence-corrected chi connectivity index (χ0v) is 28.0. The highest BCUT2D eigenvalue weighted by molar-refractivity contribution is 6.06. The van der Waals surface area contributed by atoms with E-state index in [1.165, 1.54) is 0 Å². The Morgan fingerprint density at radius 2 is 1.25 bits per heavy atom. The Balaban J connectivity index is 0.00000544. The molecule has 0 N–H and O–H groups in total. The van der Waals surface area contributed by atoms with E-state index in [9.17, 15) is 16.2 Å². The lowest BCUT2D eigenvalue weighted by Gasteiger charge is -2.40. The SMILES string of the molecule is C.[2H]c1c([2H])c(-c2c([2H])c([2H])c(N(c3ccccc3)c3ccc(C#N)cc3)c3c([2H])c([2H])c([2H])c([2H])c23)c([2H])c([2H])c1-c1nnc(N2c3ccccc3C(C)(C)c3ccccc32)o1. The Hall–Kier alpha value is -6.97. The minimum absolute atomic E-state index is 0. The van der Waals surface area contributed by atoms with Crippen molar-refractivity contribution in [2.45, 2.75) is 26.7 Å². The van der Waals surface area contributed by atoms with Gasteiger partial charge in [-0.25, -0.2) is 0 Å². The normalized spacial score (nSPS) is 15.3. The molecule has 0 bridgehead atoms. The molecule has 1 aliphatic heterocycles. The Labute approximate surface area is 323 Å². The third-order valence-corrected chi connectivity index (χ3v) is 9.30. The summed E-state index contributed by atoms with van der Waals surface area (Å²) in [7, 11) is 0. The summed E-state index contributed by atoms with van der Waals surface area (Å²) in [6.07, 6.45) is 0. The summed E-state index contributed by atoms with van der Waals surface area (Å²) < 4.78 is 98.2. The van der Waals surface area contributed by atoms with E-state index in [0.717, 1.165) is 22.5 Å². The summed E-state index contributed by atoms with van der Waals surface area (Å²) in [5.41, 5.74) is 3.16. The molecule has 7 aromatic carbocycles. The fourth-order valence-corrected chi connectivity index (χ4v) is 6.78. The van der Waals surface area contributed by atoms with E-state index in [1.807, 2.05) is 48.5 Å². The predicted molar refractivity (Wildman–Crippen MR) is 216 cm³/mol. The van der Waals surface area contributed by atoms with Crippen molar-refractivity contribution >= 4 is 45.2 Å². The fraction of sp³-hybridized carbons (Fsp3) is 0.0851. The van der Waals surface area contributed by atoms with Gasteiger partial charge in [0, 0.05) is 27.7 Å². The average Bonchev–Trinajstić information content (AvgIpc) is 3.76. The van der Waals surface area contributed by atoms with E-state index in [1.54, 1.807) is 64.4 Å². The van der Waals surface area contributed by atoms with Crippen LogP contribution in [-0.2, 0) is 5.41 Å². The fourth-order valence-electron chi connectivity index (χ4n) is 6.78. The van der Waals surface area contributed by atoms with Crippen molar-refractivity contribution < 1.29 is 18.1 Å². The van der Waals surface area contributed by atoms with Crippen molar-refractivity contribution in [3.8, 4) is 28.7 Å². The monoisotopic (exact) mass is 697 g/mol. The largest absolute Gasteiger partial charge is 0.403 e. The minimum atomic E-state index is -0.661. The number of hydrogen-bond acceptors (Lipinski definition) is 6. The number of fused-ring (bicyclic) bond motifs is 3. The first-order valence-corrected chi connectivity index (χ1v) is 16.5. The molecule has 0 saturated heterocycles. The molecule has 9 rings (SSSR count). The van der Waals surface area contributed by atoms with E-state index in [4.69, 9.17) is 7.16 Å². The van der Waals surface area contributed by atoms with E-state index in [0.29, 0.717) is 16.9 Å². The maximum atomic E-state index is 9.53. The quantitative estimate of drug-likeness (QED) is 0.172. The molecule has 0 radical (unpaired) electrons. The van der Waals surface area contributed by atoms with Crippen LogP contribution in [0.1, 0.15) is 51.7 Å². The summed E-state index contributed by atoms with van der Waals surface area (Å²) in [6.45, 7) is 4.24. The second kappa shape index (κ2) is 13.3. The van der Waals surface area contributed by atoms with E-state index in [-0.39, 0.29) is 52.3 Å². The first kappa shape index (κ1) is 23.5. The molecule has 53 heavy (non-hydrogen) atoms. The lowest BCUT2D eigenvalue weighted by Crippen LogP contribution is -2.30. The molecule has 0 aliphatic carbocycles. The van der Waals surface area contributed by atoms with Crippen molar-refractivity contribution in [2.75, 3.05) is 9.80 Å². The topological polar surface area (TPSA) is 69.2 Å². The molecule has 256 valence electrons. The number of rotatable bonds is 6. The van der Waals surface area contributed by atoms with Gasteiger partial charge in [0.25, 0.3) is 0 Å². The molecule has 0 spiro atoms. The highest BCUT2D eigenvalue weighted by Crippen LogP contribution is 2.51. The summed E-state index contributed by atoms with van der Waals surface area (Å²) in [5.74, 6) is -0.307. The molecule has 1 aliphatic rings. The number of anilines is 6. The molecule has 2 heterocycles. The number of nitriles is 1. The second-order valence-corrected chi connectivity index (χ2v) is 12.7. The molecule has 8 aromatic rings. The molecule has 0 amide bonds. The number of hydrogen-bond donors (Lipinski definition) is 0. The van der Waals surface area contributed by atoms with Crippen molar-refractivity contribution in [1.82, 2.24) is 10.2 Å². The smallest absolute Gasteiger partial charge is 0.327 e. The van der Waals surface area contributed by atoms with Crippen LogP contribution in [-0.4, -0.2) is 10.2 Å². The number of benzene rings is 7. The van der Waals surface area contributed by atoms with Gasteiger partial charge in [-0.1, -0.05) is 123 Å². The Morgan fingerprint density at radius 1 is 0.660 bits per heavy atom. The maximum Gasteiger partial charge on any atom is 0.327 e. The highest BCUT2D eigenvalue weighted by Gasteiger charge is 2.38. The summed E-state index contributed by atoms with van der Waals surface area (Å²) in [5, 5.41) is 17.6. The lowest BCUT2D eigenvalue weighted by molar-refractivity contribution is 0.566. The first-order chi connectivity index (χ1) is 29.7. The van der Waals surface area contributed by atoms with Gasteiger partial charge in [0.05, 0.1) is 42.4 Å². The Bertz CT molecular complexity index is 3120. The van der Waals surface area contributed by atoms with Gasteiger partial charge >= 0.3 is 6.01 Å². The van der Waals surface area contributed by atoms with Crippen molar-refractivity contribution in [2.24, 2.45) is 0 Å². The second-order valence-electron chi connectivity index (χ2n) is 12.7. The van der Waals surface area contributed by atoms with Gasteiger partial charge in [-0.05, 0) is 94.3 Å². The molecule has 0 atom stereocenters. The molecule has 6 heteroatoms. The van der Waals surface area contributed by atoms with Crippen molar-refractivity contribution in [1.29, 1.82) is 5.26 Å². The van der Waals surface area contributed by atoms with Crippen LogP contribution in [0.2, 0.25) is 0 Å². The average molecular weight is 698 g/mol. The molecular formula is C47H37N5O. The number of para-hydroxylation sites is 3. The van der Waals surface area contributed by atoms with Crippen molar-refractivity contribution in [3.63, 3.8) is 0 Å². The first-order valence-electron chi connectivity index (χ1n) is 21.5. The Morgan fingerprint density at radius 3 is 1.91 bits per heavy atom. The Kier molecular flexibility index (Phi) is 5.89. The van der Waals surface area contributed by atoms with Crippen LogP contribution >= 0.6 is 0 Å². The van der Waals surface area contributed by atoms with E-state index in [2.05, 4.69) is 30.1 Å². The van der Waals surface area contributed by atoms with Crippen LogP contribution < -0.4 is 9.80 Å². The van der Waals surface area contributed by atoms with Gasteiger partial charge in [-0.2, -0.15) is 5.26 Å². The van der Waals surface area contributed by atoms with Gasteiger partial charge in [0.1, 0.15) is 0 Å². The van der Waals surface area contributed by atoms with Crippen LogP contribution in [0.4, 0.5) is 34.5 Å². The van der Waals surface area contributed by atoms with E-state index >= 15 is 0 Å². The van der Waals surface area contributed by atoms with Crippen LogP contribution in [0, 0.1) is 11.3 Å². The highest BCUT2D eigenvalue weighted by atomic mass is 16.4. The van der Waals surface area contributed by atoms with Crippen molar-refractivity contribution in [3.05, 3.63) is 180 Å². The van der Waals surface area contributed by atoms with E-state index < -0.39 is 66.0 Å². The third-order valence-electron chi connectivity index (χ3n) is 9.30. The lowest BCUT2D eigenvalue weighted by atomic mass is 9.74. The van der Waals surface area contributed by atoms with Crippen LogP contribution in [0.15, 0.2) is 168 Å². The summed E-state index contributed by atoms with van der Waals surface area (Å²) in [6, 6.07) is 26.6. The maximum absolute atomic E-state index is 9.53. The van der Waals surface area contributed by atoms with Crippen LogP contribution in [0.25, 0.3) is 33.4 Å². The zero-order valence-electron chi connectivity index (χ0n) is 38.0. The molecular weight excluding hydrogens is 651 g/mol. The summed E-state index contributed by atoms with van der Waals surface area (Å²) >= 11 is 0. The third kappa shape index (κ3) is 5.60. The van der Waals surface area contributed by atoms with Gasteiger partial charge in [0.2, 0.25) is 5.89 Å². The predicted octanol–water partition coefficient (Wildman–Crippen LogP) is 12.6. The van der Waals surface area contributed by atoms with Gasteiger partial charge in [-0.15, -0.1) is 5.10 Å². The summed E-state index contributed by atoms with van der Waals surface area (Å²) in [4.78, 5) is 3.34. The molecule has 1 aromatic heterocycles. The van der Waals surface area contributed by atoms with Crippen LogP contribution in [0.5, 0.6) is 0 Å². The standard InChI is InChI=1S/C46H33N5O.CH4/c1-46(2)39-16-8-10-18-42(39)51(43-19-11-9-17-40(43)46)45-49-48-44(52-45)33-24-22-32(23-25-33)36-28-29-41(38-15-7-6-14-37(36)38)50(34-12-4-3-5-13-34)35-26-20-31(30-47)21-27-35;/h3-29H,1-2H3;1H4/i6D,7D,14D,15D,22D,23D,24D,25D,28D,29D;. The molecule has 0 fully saturated rings. The molecule has 6 nitrogen and oxygen atoms in total. The van der Waals surface area contributed by atoms with Gasteiger partial charge < -0.3 is 9.32 Å². The van der Waals surface area contributed by atoms with Crippen LogP contribution in [0.3, 0.4) is 0 Å². The number of nitrogens with zero attached hydrogens (tertiary/aromatic N) is 5. The molecule has 0 unspecified atom stereocenters. The van der Waals surface area contributed by atoms with Gasteiger partial charge in [-0.3, -0.25) is 4.90 Å².